The summed E-state index contributed by atoms with van der Waals surface area (Å²) in [5.41, 5.74) is 0.723. The van der Waals surface area contributed by atoms with E-state index >= 15 is 0 Å². The minimum absolute atomic E-state index is 0.0194. The number of rotatable bonds is 6. The summed E-state index contributed by atoms with van der Waals surface area (Å²) in [6.45, 7) is 2.36. The normalized spacial score (nSPS) is 11.8. The van der Waals surface area contributed by atoms with Crippen molar-refractivity contribution in [2.75, 3.05) is 13.1 Å². The molecule has 0 saturated heterocycles. The van der Waals surface area contributed by atoms with E-state index in [0.29, 0.717) is 6.42 Å². The van der Waals surface area contributed by atoms with Crippen LogP contribution in [0.25, 0.3) is 0 Å². The fourth-order valence-electron chi connectivity index (χ4n) is 1.97. The van der Waals surface area contributed by atoms with Crippen LogP contribution in [0.15, 0.2) is 24.3 Å². The Bertz CT molecular complexity index is 454. The minimum atomic E-state index is -4.40. The molecule has 0 unspecified atom stereocenters. The Labute approximate surface area is 121 Å². The van der Waals surface area contributed by atoms with Gasteiger partial charge >= 0.3 is 6.18 Å². The molecule has 2 nitrogen and oxygen atoms in total. The van der Waals surface area contributed by atoms with E-state index in [-0.39, 0.29) is 24.7 Å². The Morgan fingerprint density at radius 1 is 1.19 bits per heavy atom. The van der Waals surface area contributed by atoms with Crippen molar-refractivity contribution in [3.8, 4) is 0 Å². The summed E-state index contributed by atoms with van der Waals surface area (Å²) in [6.07, 6.45) is -4.12. The van der Waals surface area contributed by atoms with Crippen molar-refractivity contribution >= 4 is 5.91 Å². The molecule has 1 aromatic carbocycles. The van der Waals surface area contributed by atoms with E-state index in [1.165, 1.54) is 24.3 Å². The molecule has 0 saturated carbocycles. The van der Waals surface area contributed by atoms with E-state index in [9.17, 15) is 22.4 Å². The van der Waals surface area contributed by atoms with Crippen LogP contribution in [0.2, 0.25) is 0 Å². The molecule has 118 valence electrons. The molecule has 0 aliphatic heterocycles. The average molecular weight is 305 g/mol. The number of aryl methyl sites for hydroxylation is 1. The number of hydrogen-bond acceptors (Lipinski definition) is 1. The van der Waals surface area contributed by atoms with E-state index in [4.69, 9.17) is 0 Å². The van der Waals surface area contributed by atoms with E-state index in [1.54, 1.807) is 13.8 Å². The fraction of sp³-hybridized carbons (Fsp3) is 0.533. The van der Waals surface area contributed by atoms with Crippen molar-refractivity contribution in [2.24, 2.45) is 5.92 Å². The van der Waals surface area contributed by atoms with Crippen LogP contribution in [0.1, 0.15) is 25.8 Å². The molecular formula is C15H19F4NO. The Morgan fingerprint density at radius 3 is 2.24 bits per heavy atom. The van der Waals surface area contributed by atoms with Crippen LogP contribution >= 0.6 is 0 Å². The lowest BCUT2D eigenvalue weighted by atomic mass is 10.1. The zero-order valence-electron chi connectivity index (χ0n) is 12.1. The van der Waals surface area contributed by atoms with Crippen molar-refractivity contribution < 1.29 is 22.4 Å². The molecule has 1 aromatic rings. The average Bonchev–Trinajstić information content (AvgIpc) is 2.34. The summed E-state index contributed by atoms with van der Waals surface area (Å²) in [6, 6.07) is 5.58. The number of halogens is 4. The second-order valence-corrected chi connectivity index (χ2v) is 5.41. The molecule has 0 heterocycles. The molecule has 0 aliphatic rings. The third-order valence-electron chi connectivity index (χ3n) is 2.85. The Kier molecular flexibility index (Phi) is 6.18. The van der Waals surface area contributed by atoms with Crippen LogP contribution < -0.4 is 0 Å². The second-order valence-electron chi connectivity index (χ2n) is 5.41. The maximum absolute atomic E-state index is 12.7. The molecule has 0 spiro atoms. The first-order valence-corrected chi connectivity index (χ1v) is 6.76. The Balaban J connectivity index is 2.61. The number of carbonyl (C=O) groups is 1. The van der Waals surface area contributed by atoms with Crippen LogP contribution in [0, 0.1) is 11.7 Å². The maximum Gasteiger partial charge on any atom is 0.406 e. The molecule has 0 aliphatic carbocycles. The van der Waals surface area contributed by atoms with Crippen LogP contribution in [0.5, 0.6) is 0 Å². The number of carbonyl (C=O) groups excluding carboxylic acids is 1. The highest BCUT2D eigenvalue weighted by molar-refractivity contribution is 5.76. The molecule has 0 atom stereocenters. The third-order valence-corrected chi connectivity index (χ3v) is 2.85. The summed E-state index contributed by atoms with van der Waals surface area (Å²) in [7, 11) is 0. The molecular weight excluding hydrogens is 286 g/mol. The van der Waals surface area contributed by atoms with Gasteiger partial charge in [0.05, 0.1) is 0 Å². The number of hydrogen-bond donors (Lipinski definition) is 0. The topological polar surface area (TPSA) is 20.3 Å². The van der Waals surface area contributed by atoms with Gasteiger partial charge in [0.2, 0.25) is 5.91 Å². The number of alkyl halides is 3. The summed E-state index contributed by atoms with van der Waals surface area (Å²) >= 11 is 0. The van der Waals surface area contributed by atoms with Crippen molar-refractivity contribution in [2.45, 2.75) is 32.9 Å². The van der Waals surface area contributed by atoms with Gasteiger partial charge in [-0.15, -0.1) is 0 Å². The second kappa shape index (κ2) is 7.43. The lowest BCUT2D eigenvalue weighted by Crippen LogP contribution is -2.41. The molecule has 21 heavy (non-hydrogen) atoms. The van der Waals surface area contributed by atoms with Crippen molar-refractivity contribution in [1.29, 1.82) is 0 Å². The third kappa shape index (κ3) is 7.11. The highest BCUT2D eigenvalue weighted by Gasteiger charge is 2.32. The largest absolute Gasteiger partial charge is 0.406 e. The van der Waals surface area contributed by atoms with Crippen molar-refractivity contribution in [1.82, 2.24) is 4.90 Å². The predicted octanol–water partition coefficient (Wildman–Crippen LogP) is 3.81. The quantitative estimate of drug-likeness (QED) is 0.732. The highest BCUT2D eigenvalue weighted by Crippen LogP contribution is 2.18. The Hall–Kier alpha value is -1.59. The number of nitrogens with zero attached hydrogens (tertiary/aromatic N) is 1. The lowest BCUT2D eigenvalue weighted by Gasteiger charge is -2.25. The Morgan fingerprint density at radius 2 is 1.76 bits per heavy atom. The van der Waals surface area contributed by atoms with Crippen LogP contribution in [0.4, 0.5) is 17.6 Å². The summed E-state index contributed by atoms with van der Waals surface area (Å²) in [5, 5.41) is 0. The zero-order valence-corrected chi connectivity index (χ0v) is 12.1. The first kappa shape index (κ1) is 17.5. The molecule has 0 N–H and O–H groups in total. The van der Waals surface area contributed by atoms with Gasteiger partial charge in [-0.25, -0.2) is 4.39 Å². The van der Waals surface area contributed by atoms with Crippen molar-refractivity contribution in [3.63, 3.8) is 0 Å². The van der Waals surface area contributed by atoms with E-state index < -0.39 is 18.6 Å². The predicted molar refractivity (Wildman–Crippen MR) is 72.2 cm³/mol. The SMILES string of the molecule is CC(C)CN(CC(F)(F)F)C(=O)CCc1ccc(F)cc1. The van der Waals surface area contributed by atoms with Gasteiger partial charge < -0.3 is 4.90 Å². The zero-order chi connectivity index (χ0) is 16.0. The molecule has 0 aromatic heterocycles. The minimum Gasteiger partial charge on any atom is -0.333 e. The van der Waals surface area contributed by atoms with Gasteiger partial charge in [0.1, 0.15) is 12.4 Å². The van der Waals surface area contributed by atoms with Gasteiger partial charge in [-0.2, -0.15) is 13.2 Å². The summed E-state index contributed by atoms with van der Waals surface area (Å²) in [4.78, 5) is 12.8. The van der Waals surface area contributed by atoms with E-state index in [0.717, 1.165) is 10.5 Å². The summed E-state index contributed by atoms with van der Waals surface area (Å²) in [5.74, 6) is -0.962. The number of benzene rings is 1. The molecule has 0 bridgehead atoms. The van der Waals surface area contributed by atoms with Gasteiger partial charge in [0.25, 0.3) is 0 Å². The number of amides is 1. The molecule has 1 amide bonds. The van der Waals surface area contributed by atoms with Gasteiger partial charge in [-0.1, -0.05) is 26.0 Å². The molecule has 1 rings (SSSR count). The van der Waals surface area contributed by atoms with Crippen molar-refractivity contribution in [3.05, 3.63) is 35.6 Å². The highest BCUT2D eigenvalue weighted by atomic mass is 19.4. The van der Waals surface area contributed by atoms with E-state index in [1.807, 2.05) is 0 Å². The van der Waals surface area contributed by atoms with Crippen LogP contribution in [0.3, 0.4) is 0 Å². The molecule has 6 heteroatoms. The maximum atomic E-state index is 12.7. The van der Waals surface area contributed by atoms with Gasteiger partial charge in [-0.3, -0.25) is 4.79 Å². The summed E-state index contributed by atoms with van der Waals surface area (Å²) < 4.78 is 50.2. The smallest absolute Gasteiger partial charge is 0.333 e. The van der Waals surface area contributed by atoms with Gasteiger partial charge in [0.15, 0.2) is 0 Å². The van der Waals surface area contributed by atoms with Gasteiger partial charge in [0, 0.05) is 13.0 Å². The molecule has 0 fully saturated rings. The lowest BCUT2D eigenvalue weighted by molar-refractivity contribution is -0.162. The van der Waals surface area contributed by atoms with Crippen LogP contribution in [-0.2, 0) is 11.2 Å². The van der Waals surface area contributed by atoms with E-state index in [2.05, 4.69) is 0 Å². The monoisotopic (exact) mass is 305 g/mol. The standard InChI is InChI=1S/C15H19F4NO/c1-11(2)9-20(10-15(17,18)19)14(21)8-5-12-3-6-13(16)7-4-12/h3-4,6-7,11H,5,8-10H2,1-2H3. The first-order chi connectivity index (χ1) is 9.67. The van der Waals surface area contributed by atoms with Gasteiger partial charge in [-0.05, 0) is 30.0 Å². The molecule has 0 radical (unpaired) electrons. The first-order valence-electron chi connectivity index (χ1n) is 6.76. The van der Waals surface area contributed by atoms with Crippen LogP contribution in [-0.4, -0.2) is 30.1 Å². The fourth-order valence-corrected chi connectivity index (χ4v) is 1.97.